The summed E-state index contributed by atoms with van der Waals surface area (Å²) >= 11 is 3.32. The first-order valence-corrected chi connectivity index (χ1v) is 10.5. The van der Waals surface area contributed by atoms with Gasteiger partial charge in [0.15, 0.2) is 0 Å². The molecule has 8 heteroatoms. The Balaban J connectivity index is 1.45. The van der Waals surface area contributed by atoms with Gasteiger partial charge < -0.3 is 10.1 Å². The van der Waals surface area contributed by atoms with Crippen molar-refractivity contribution in [1.82, 2.24) is 10.7 Å². The van der Waals surface area contributed by atoms with Crippen LogP contribution < -0.4 is 15.5 Å². The van der Waals surface area contributed by atoms with E-state index in [2.05, 4.69) is 31.8 Å². The van der Waals surface area contributed by atoms with E-state index in [1.54, 1.807) is 54.6 Å². The van der Waals surface area contributed by atoms with E-state index in [1.807, 2.05) is 25.1 Å². The first kappa shape index (κ1) is 22.9. The summed E-state index contributed by atoms with van der Waals surface area (Å²) in [4.78, 5) is 36.1. The summed E-state index contributed by atoms with van der Waals surface area (Å²) < 4.78 is 6.01. The second kappa shape index (κ2) is 11.0. The van der Waals surface area contributed by atoms with Crippen LogP contribution in [0.5, 0.6) is 5.75 Å². The normalized spacial score (nSPS) is 10.6. The quantitative estimate of drug-likeness (QED) is 0.226. The van der Waals surface area contributed by atoms with Gasteiger partial charge in [-0.1, -0.05) is 29.8 Å². The van der Waals surface area contributed by atoms with Crippen LogP contribution in [-0.4, -0.2) is 30.5 Å². The van der Waals surface area contributed by atoms with Crippen LogP contribution in [0.15, 0.2) is 82.4 Å². The van der Waals surface area contributed by atoms with Crippen LogP contribution in [0, 0.1) is 6.92 Å². The lowest BCUT2D eigenvalue weighted by Crippen LogP contribution is -2.34. The van der Waals surface area contributed by atoms with Gasteiger partial charge in [-0.05, 0) is 76.9 Å². The Morgan fingerprint density at radius 3 is 2.34 bits per heavy atom. The van der Waals surface area contributed by atoms with Crippen molar-refractivity contribution in [3.63, 3.8) is 0 Å². The Hall–Kier alpha value is -3.78. The minimum Gasteiger partial charge on any atom is -0.423 e. The Labute approximate surface area is 193 Å². The van der Waals surface area contributed by atoms with Gasteiger partial charge in [0.1, 0.15) is 5.75 Å². The van der Waals surface area contributed by atoms with E-state index in [0.717, 1.165) is 5.56 Å². The summed E-state index contributed by atoms with van der Waals surface area (Å²) in [5.41, 5.74) is 4.99. The fourth-order valence-corrected chi connectivity index (χ4v) is 3.04. The molecular formula is C24H20BrN3O4. The predicted octanol–water partition coefficient (Wildman–Crippen LogP) is 3.86. The molecule has 3 aromatic carbocycles. The number of hydrogen-bond donors (Lipinski definition) is 2. The summed E-state index contributed by atoms with van der Waals surface area (Å²) in [6, 6.07) is 20.7. The molecule has 0 bridgehead atoms. The monoisotopic (exact) mass is 493 g/mol. The second-order valence-corrected chi connectivity index (χ2v) is 7.63. The molecule has 0 aliphatic heterocycles. The van der Waals surface area contributed by atoms with Gasteiger partial charge in [-0.15, -0.1) is 0 Å². The Bertz CT molecular complexity index is 1140. The highest BCUT2D eigenvalue weighted by Gasteiger charge is 2.11. The standard InChI is InChI=1S/C24H20BrN3O4/c1-16-6-10-18(11-7-16)23(30)26-15-22(29)28-27-14-17-8-12-19(13-9-17)32-24(31)20-4-2-3-5-21(20)25/h2-14H,15H2,1H3,(H,26,30)(H,28,29)/b27-14+. The van der Waals surface area contributed by atoms with Crippen LogP contribution in [0.3, 0.4) is 0 Å². The molecule has 0 radical (unpaired) electrons. The highest BCUT2D eigenvalue weighted by Crippen LogP contribution is 2.19. The number of carbonyl (C=O) groups is 3. The topological polar surface area (TPSA) is 96.9 Å². The lowest BCUT2D eigenvalue weighted by Gasteiger charge is -2.06. The maximum Gasteiger partial charge on any atom is 0.344 e. The van der Waals surface area contributed by atoms with E-state index in [4.69, 9.17) is 4.74 Å². The lowest BCUT2D eigenvalue weighted by atomic mass is 10.1. The van der Waals surface area contributed by atoms with Crippen LogP contribution >= 0.6 is 15.9 Å². The van der Waals surface area contributed by atoms with Crippen LogP contribution in [0.4, 0.5) is 0 Å². The van der Waals surface area contributed by atoms with Crippen molar-refractivity contribution in [3.05, 3.63) is 99.5 Å². The smallest absolute Gasteiger partial charge is 0.344 e. The molecule has 0 spiro atoms. The number of ether oxygens (including phenoxy) is 1. The van der Waals surface area contributed by atoms with Gasteiger partial charge in [-0.2, -0.15) is 5.10 Å². The summed E-state index contributed by atoms with van der Waals surface area (Å²) in [6.45, 7) is 1.73. The number of nitrogens with zero attached hydrogens (tertiary/aromatic N) is 1. The molecule has 0 heterocycles. The summed E-state index contributed by atoms with van der Waals surface area (Å²) in [6.07, 6.45) is 1.44. The molecule has 7 nitrogen and oxygen atoms in total. The number of carbonyl (C=O) groups excluding carboxylic acids is 3. The number of hydrogen-bond acceptors (Lipinski definition) is 5. The molecule has 162 valence electrons. The maximum absolute atomic E-state index is 12.2. The van der Waals surface area contributed by atoms with Crippen molar-refractivity contribution in [2.24, 2.45) is 5.10 Å². The molecule has 0 aliphatic rings. The van der Waals surface area contributed by atoms with E-state index in [1.165, 1.54) is 6.21 Å². The molecule has 0 saturated carbocycles. The van der Waals surface area contributed by atoms with Gasteiger partial charge in [0.05, 0.1) is 18.3 Å². The van der Waals surface area contributed by atoms with Gasteiger partial charge in [0, 0.05) is 10.0 Å². The molecule has 3 aromatic rings. The van der Waals surface area contributed by atoms with Crippen LogP contribution in [0.2, 0.25) is 0 Å². The second-order valence-electron chi connectivity index (χ2n) is 6.78. The van der Waals surface area contributed by atoms with E-state index >= 15 is 0 Å². The highest BCUT2D eigenvalue weighted by molar-refractivity contribution is 9.10. The minimum atomic E-state index is -0.473. The van der Waals surface area contributed by atoms with Gasteiger partial charge in [0.25, 0.3) is 11.8 Å². The predicted molar refractivity (Wildman–Crippen MR) is 125 cm³/mol. The van der Waals surface area contributed by atoms with Gasteiger partial charge in [-0.3, -0.25) is 9.59 Å². The fourth-order valence-electron chi connectivity index (χ4n) is 2.60. The largest absolute Gasteiger partial charge is 0.423 e. The Morgan fingerprint density at radius 1 is 0.969 bits per heavy atom. The van der Waals surface area contributed by atoms with Crippen molar-refractivity contribution in [2.75, 3.05) is 6.54 Å². The fraction of sp³-hybridized carbons (Fsp3) is 0.0833. The number of esters is 1. The highest BCUT2D eigenvalue weighted by atomic mass is 79.9. The number of amides is 2. The van der Waals surface area contributed by atoms with Crippen molar-refractivity contribution >= 4 is 39.9 Å². The first-order valence-electron chi connectivity index (χ1n) is 9.66. The van der Waals surface area contributed by atoms with E-state index in [-0.39, 0.29) is 12.5 Å². The molecule has 2 amide bonds. The average molecular weight is 494 g/mol. The molecule has 32 heavy (non-hydrogen) atoms. The molecule has 3 rings (SSSR count). The van der Waals surface area contributed by atoms with Crippen LogP contribution in [0.25, 0.3) is 0 Å². The number of benzene rings is 3. The van der Waals surface area contributed by atoms with Crippen molar-refractivity contribution < 1.29 is 19.1 Å². The minimum absolute atomic E-state index is 0.200. The molecule has 0 saturated heterocycles. The zero-order valence-corrected chi connectivity index (χ0v) is 18.8. The van der Waals surface area contributed by atoms with E-state index in [0.29, 0.717) is 26.9 Å². The molecule has 2 N–H and O–H groups in total. The molecule has 0 aromatic heterocycles. The van der Waals surface area contributed by atoms with Crippen LogP contribution in [-0.2, 0) is 4.79 Å². The number of hydrazone groups is 1. The molecule has 0 aliphatic carbocycles. The third-order valence-electron chi connectivity index (χ3n) is 4.31. The molecular weight excluding hydrogens is 474 g/mol. The van der Waals surface area contributed by atoms with Crippen LogP contribution in [0.1, 0.15) is 31.8 Å². The third kappa shape index (κ3) is 6.61. The van der Waals surface area contributed by atoms with Crippen molar-refractivity contribution in [3.8, 4) is 5.75 Å². The van der Waals surface area contributed by atoms with E-state index < -0.39 is 11.9 Å². The number of nitrogens with one attached hydrogen (secondary N) is 2. The zero-order valence-electron chi connectivity index (χ0n) is 17.2. The average Bonchev–Trinajstić information content (AvgIpc) is 2.79. The molecule has 0 atom stereocenters. The Morgan fingerprint density at radius 2 is 1.66 bits per heavy atom. The van der Waals surface area contributed by atoms with Crippen molar-refractivity contribution in [1.29, 1.82) is 0 Å². The lowest BCUT2D eigenvalue weighted by molar-refractivity contribution is -0.120. The summed E-state index contributed by atoms with van der Waals surface area (Å²) in [5.74, 6) is -0.887. The number of aryl methyl sites for hydroxylation is 1. The third-order valence-corrected chi connectivity index (χ3v) is 5.00. The number of halogens is 1. The zero-order chi connectivity index (χ0) is 22.9. The summed E-state index contributed by atoms with van der Waals surface area (Å²) in [7, 11) is 0. The van der Waals surface area contributed by atoms with E-state index in [9.17, 15) is 14.4 Å². The number of rotatable bonds is 7. The molecule has 0 fully saturated rings. The summed E-state index contributed by atoms with van der Waals surface area (Å²) in [5, 5.41) is 6.40. The molecule has 0 unspecified atom stereocenters. The maximum atomic E-state index is 12.2. The Kier molecular flexibility index (Phi) is 7.88. The van der Waals surface area contributed by atoms with Gasteiger partial charge in [-0.25, -0.2) is 10.2 Å². The SMILES string of the molecule is Cc1ccc(C(=O)NCC(=O)N/N=C/c2ccc(OC(=O)c3ccccc3Br)cc2)cc1. The first-order chi connectivity index (χ1) is 15.4. The van der Waals surface area contributed by atoms with Gasteiger partial charge >= 0.3 is 5.97 Å². The van der Waals surface area contributed by atoms with Gasteiger partial charge in [0.2, 0.25) is 0 Å². The van der Waals surface area contributed by atoms with Crippen molar-refractivity contribution in [2.45, 2.75) is 6.92 Å².